The molecule has 8 heteroatoms. The van der Waals surface area contributed by atoms with Crippen molar-refractivity contribution >= 4 is 33.2 Å². The summed E-state index contributed by atoms with van der Waals surface area (Å²) in [7, 11) is -2.16. The molecule has 0 aliphatic carbocycles. The van der Waals surface area contributed by atoms with Gasteiger partial charge in [0.15, 0.2) is 0 Å². The lowest BCUT2D eigenvalue weighted by Gasteiger charge is -2.09. The number of benzene rings is 2. The molecular formula is C16H17ClN2O4S. The maximum absolute atomic E-state index is 12.3. The van der Waals surface area contributed by atoms with Crippen molar-refractivity contribution in [2.45, 2.75) is 4.90 Å². The highest BCUT2D eigenvalue weighted by atomic mass is 35.5. The molecule has 6 nitrogen and oxygen atoms in total. The number of anilines is 1. The number of ether oxygens (including phenoxy) is 1. The lowest BCUT2D eigenvalue weighted by molar-refractivity contribution is 0.0937. The predicted molar refractivity (Wildman–Crippen MR) is 92.9 cm³/mol. The van der Waals surface area contributed by atoms with Crippen LogP contribution in [-0.2, 0) is 14.8 Å². The number of sulfonamides is 1. The fourth-order valence-corrected chi connectivity index (χ4v) is 3.07. The van der Waals surface area contributed by atoms with Crippen molar-refractivity contribution in [2.75, 3.05) is 25.0 Å². The standard InChI is InChI=1S/C16H17ClN2O4S/c1-23-11-10-18-16(20)12-2-6-14(7-3-12)19-24(21,22)15-8-4-13(17)5-9-15/h2-9,19H,10-11H2,1H3,(H,18,20). The van der Waals surface area contributed by atoms with Crippen molar-refractivity contribution in [3.63, 3.8) is 0 Å². The van der Waals surface area contributed by atoms with E-state index >= 15 is 0 Å². The van der Waals surface area contributed by atoms with Crippen molar-refractivity contribution in [3.05, 3.63) is 59.1 Å². The number of hydrogen-bond donors (Lipinski definition) is 2. The third kappa shape index (κ3) is 4.95. The first kappa shape index (κ1) is 18.3. The number of carbonyl (C=O) groups excluding carboxylic acids is 1. The Labute approximate surface area is 145 Å². The second-order valence-electron chi connectivity index (χ2n) is 4.89. The molecule has 0 saturated carbocycles. The average Bonchev–Trinajstić information content (AvgIpc) is 2.55. The second kappa shape index (κ2) is 8.14. The van der Waals surface area contributed by atoms with Crippen LogP contribution in [0.2, 0.25) is 5.02 Å². The van der Waals surface area contributed by atoms with Crippen LogP contribution in [0.3, 0.4) is 0 Å². The number of halogens is 1. The average molecular weight is 369 g/mol. The molecule has 1 amide bonds. The van der Waals surface area contributed by atoms with E-state index in [4.69, 9.17) is 16.3 Å². The van der Waals surface area contributed by atoms with Gasteiger partial charge in [0, 0.05) is 29.9 Å². The number of rotatable bonds is 7. The molecule has 2 N–H and O–H groups in total. The summed E-state index contributed by atoms with van der Waals surface area (Å²) < 4.78 is 31.8. The highest BCUT2D eigenvalue weighted by Gasteiger charge is 2.14. The Hall–Kier alpha value is -2.09. The van der Waals surface area contributed by atoms with Crippen LogP contribution in [0, 0.1) is 0 Å². The van der Waals surface area contributed by atoms with E-state index in [1.807, 2.05) is 0 Å². The van der Waals surface area contributed by atoms with Gasteiger partial charge in [-0.1, -0.05) is 11.6 Å². The molecule has 0 atom stereocenters. The highest BCUT2D eigenvalue weighted by molar-refractivity contribution is 7.92. The Morgan fingerprint density at radius 1 is 1.08 bits per heavy atom. The fourth-order valence-electron chi connectivity index (χ4n) is 1.89. The van der Waals surface area contributed by atoms with Crippen LogP contribution in [0.1, 0.15) is 10.4 Å². The third-order valence-electron chi connectivity index (χ3n) is 3.11. The first-order chi connectivity index (χ1) is 11.4. The molecule has 2 aromatic rings. The largest absolute Gasteiger partial charge is 0.383 e. The van der Waals surface area contributed by atoms with Crippen LogP contribution in [0.4, 0.5) is 5.69 Å². The predicted octanol–water partition coefficient (Wildman–Crippen LogP) is 2.52. The van der Waals surface area contributed by atoms with Crippen molar-refractivity contribution in [1.29, 1.82) is 0 Å². The molecule has 0 heterocycles. The summed E-state index contributed by atoms with van der Waals surface area (Å²) in [6.07, 6.45) is 0. The number of methoxy groups -OCH3 is 1. The Morgan fingerprint density at radius 3 is 2.29 bits per heavy atom. The van der Waals surface area contributed by atoms with E-state index in [-0.39, 0.29) is 10.8 Å². The molecule has 0 fully saturated rings. The molecule has 128 valence electrons. The molecule has 0 saturated heterocycles. The van der Waals surface area contributed by atoms with Gasteiger partial charge >= 0.3 is 0 Å². The summed E-state index contributed by atoms with van der Waals surface area (Å²) in [6.45, 7) is 0.824. The zero-order chi connectivity index (χ0) is 17.6. The Kier molecular flexibility index (Phi) is 6.19. The van der Waals surface area contributed by atoms with Gasteiger partial charge in [-0.05, 0) is 48.5 Å². The fraction of sp³-hybridized carbons (Fsp3) is 0.188. The molecule has 0 bridgehead atoms. The summed E-state index contributed by atoms with van der Waals surface area (Å²) in [5, 5.41) is 3.14. The van der Waals surface area contributed by atoms with Gasteiger partial charge < -0.3 is 10.1 Å². The summed E-state index contributed by atoms with van der Waals surface area (Å²) in [5.74, 6) is -0.251. The maximum Gasteiger partial charge on any atom is 0.261 e. The quantitative estimate of drug-likeness (QED) is 0.735. The van der Waals surface area contributed by atoms with Crippen LogP contribution in [0.5, 0.6) is 0 Å². The maximum atomic E-state index is 12.3. The van der Waals surface area contributed by atoms with E-state index in [2.05, 4.69) is 10.0 Å². The van der Waals surface area contributed by atoms with E-state index in [1.54, 1.807) is 19.2 Å². The minimum Gasteiger partial charge on any atom is -0.383 e. The zero-order valence-electron chi connectivity index (χ0n) is 13.0. The van der Waals surface area contributed by atoms with Gasteiger partial charge in [-0.15, -0.1) is 0 Å². The van der Waals surface area contributed by atoms with Crippen molar-refractivity contribution in [3.8, 4) is 0 Å². The van der Waals surface area contributed by atoms with Crippen LogP contribution in [0.25, 0.3) is 0 Å². The van der Waals surface area contributed by atoms with Gasteiger partial charge in [-0.25, -0.2) is 8.42 Å². The summed E-state index contributed by atoms with van der Waals surface area (Å²) in [5.41, 5.74) is 0.791. The summed E-state index contributed by atoms with van der Waals surface area (Å²) >= 11 is 5.75. The van der Waals surface area contributed by atoms with E-state index < -0.39 is 10.0 Å². The van der Waals surface area contributed by atoms with Gasteiger partial charge in [0.1, 0.15) is 0 Å². The molecule has 0 aromatic heterocycles. The first-order valence-corrected chi connectivity index (χ1v) is 8.94. The molecule has 24 heavy (non-hydrogen) atoms. The SMILES string of the molecule is COCCNC(=O)c1ccc(NS(=O)(=O)c2ccc(Cl)cc2)cc1. The first-order valence-electron chi connectivity index (χ1n) is 7.08. The van der Waals surface area contributed by atoms with Crippen molar-refractivity contribution < 1.29 is 17.9 Å². The number of hydrogen-bond acceptors (Lipinski definition) is 4. The van der Waals surface area contributed by atoms with Crippen molar-refractivity contribution in [2.24, 2.45) is 0 Å². The minimum atomic E-state index is -3.71. The summed E-state index contributed by atoms with van der Waals surface area (Å²) in [4.78, 5) is 12.0. The highest BCUT2D eigenvalue weighted by Crippen LogP contribution is 2.18. The van der Waals surface area contributed by atoms with Gasteiger partial charge in [-0.3, -0.25) is 9.52 Å². The second-order valence-corrected chi connectivity index (χ2v) is 7.00. The number of amides is 1. The lowest BCUT2D eigenvalue weighted by atomic mass is 10.2. The number of carbonyl (C=O) groups is 1. The van der Waals surface area contributed by atoms with Crippen LogP contribution in [-0.4, -0.2) is 34.6 Å². The van der Waals surface area contributed by atoms with Crippen molar-refractivity contribution in [1.82, 2.24) is 5.32 Å². The topological polar surface area (TPSA) is 84.5 Å². The van der Waals surface area contributed by atoms with Crippen LogP contribution >= 0.6 is 11.6 Å². The third-order valence-corrected chi connectivity index (χ3v) is 4.76. The van der Waals surface area contributed by atoms with Gasteiger partial charge in [-0.2, -0.15) is 0 Å². The summed E-state index contributed by atoms with van der Waals surface area (Å²) in [6, 6.07) is 12.0. The van der Waals surface area contributed by atoms with Gasteiger partial charge in [0.2, 0.25) is 0 Å². The van der Waals surface area contributed by atoms with E-state index in [0.29, 0.717) is 29.4 Å². The number of nitrogens with one attached hydrogen (secondary N) is 2. The zero-order valence-corrected chi connectivity index (χ0v) is 14.5. The normalized spacial score (nSPS) is 11.1. The smallest absolute Gasteiger partial charge is 0.261 e. The van der Waals surface area contributed by atoms with Crippen LogP contribution < -0.4 is 10.0 Å². The Bertz CT molecular complexity index is 790. The van der Waals surface area contributed by atoms with E-state index in [1.165, 1.54) is 36.4 Å². The Morgan fingerprint density at radius 2 is 1.71 bits per heavy atom. The molecule has 0 spiro atoms. The van der Waals surface area contributed by atoms with E-state index in [0.717, 1.165) is 0 Å². The molecule has 2 rings (SSSR count). The molecule has 2 aromatic carbocycles. The Balaban J connectivity index is 2.05. The molecule has 0 aliphatic rings. The van der Waals surface area contributed by atoms with Gasteiger partial charge in [0.05, 0.1) is 11.5 Å². The molecular weight excluding hydrogens is 352 g/mol. The molecule has 0 aliphatic heterocycles. The monoisotopic (exact) mass is 368 g/mol. The molecule has 0 unspecified atom stereocenters. The molecule has 0 radical (unpaired) electrons. The van der Waals surface area contributed by atoms with Crippen LogP contribution in [0.15, 0.2) is 53.4 Å². The van der Waals surface area contributed by atoms with E-state index in [9.17, 15) is 13.2 Å². The minimum absolute atomic E-state index is 0.105. The lowest BCUT2D eigenvalue weighted by Crippen LogP contribution is -2.26. The van der Waals surface area contributed by atoms with Gasteiger partial charge in [0.25, 0.3) is 15.9 Å².